The average Bonchev–Trinajstić information content (AvgIpc) is 2.46. The van der Waals surface area contributed by atoms with Crippen LogP contribution in [0, 0.1) is 0 Å². The molecule has 1 unspecified atom stereocenters. The number of nitrogens with one attached hydrogen (secondary N) is 1. The van der Waals surface area contributed by atoms with Crippen LogP contribution in [0.1, 0.15) is 45.4 Å². The van der Waals surface area contributed by atoms with Crippen LogP contribution in [-0.2, 0) is 0 Å². The van der Waals surface area contributed by atoms with Gasteiger partial charge in [0.05, 0.1) is 12.6 Å². The highest BCUT2D eigenvalue weighted by molar-refractivity contribution is 5.21. The van der Waals surface area contributed by atoms with Crippen molar-refractivity contribution in [3.8, 4) is 0 Å². The zero-order valence-electron chi connectivity index (χ0n) is 12.3. The van der Waals surface area contributed by atoms with Gasteiger partial charge in [0.2, 0.25) is 0 Å². The van der Waals surface area contributed by atoms with Gasteiger partial charge in [-0.05, 0) is 18.5 Å². The van der Waals surface area contributed by atoms with Gasteiger partial charge in [-0.25, -0.2) is 0 Å². The van der Waals surface area contributed by atoms with E-state index in [0.29, 0.717) is 5.57 Å². The summed E-state index contributed by atoms with van der Waals surface area (Å²) in [5, 5.41) is 41.6. The lowest BCUT2D eigenvalue weighted by atomic mass is 9.88. The molecular weight excluding hydrogens is 258 g/mol. The summed E-state index contributed by atoms with van der Waals surface area (Å²) >= 11 is 0. The fourth-order valence-electron chi connectivity index (χ4n) is 2.55. The van der Waals surface area contributed by atoms with E-state index in [0.717, 1.165) is 19.4 Å². The molecule has 5 heteroatoms. The van der Waals surface area contributed by atoms with E-state index in [4.69, 9.17) is 5.11 Å². The summed E-state index contributed by atoms with van der Waals surface area (Å²) in [5.74, 6) is 0. The van der Waals surface area contributed by atoms with Crippen LogP contribution >= 0.6 is 0 Å². The Morgan fingerprint density at radius 1 is 1.00 bits per heavy atom. The summed E-state index contributed by atoms with van der Waals surface area (Å²) in [6.07, 6.45) is 5.34. The molecule has 0 spiro atoms. The topological polar surface area (TPSA) is 93.0 Å². The Balaban J connectivity index is 2.29. The standard InChI is InChI=1S/C15H29NO4/c1-2-3-4-5-6-7-8-16-12-9-11(10-17)13(18)15(20)14(12)19/h9,12-20H,2-8,10H2,1H3/t12-,13+,14?,15+/m1/s1. The first kappa shape index (κ1) is 17.6. The van der Waals surface area contributed by atoms with Crippen LogP contribution < -0.4 is 5.32 Å². The van der Waals surface area contributed by atoms with Gasteiger partial charge in [-0.3, -0.25) is 0 Å². The molecular formula is C15H29NO4. The molecule has 0 amide bonds. The van der Waals surface area contributed by atoms with Crippen LogP contribution in [0.4, 0.5) is 0 Å². The second-order valence-corrected chi connectivity index (χ2v) is 5.57. The first-order valence-electron chi connectivity index (χ1n) is 7.70. The van der Waals surface area contributed by atoms with Gasteiger partial charge in [0.15, 0.2) is 0 Å². The van der Waals surface area contributed by atoms with Crippen molar-refractivity contribution in [2.24, 2.45) is 0 Å². The van der Waals surface area contributed by atoms with Crippen molar-refractivity contribution >= 4 is 0 Å². The minimum Gasteiger partial charge on any atom is -0.392 e. The predicted molar refractivity (Wildman–Crippen MR) is 78.4 cm³/mol. The summed E-state index contributed by atoms with van der Waals surface area (Å²) in [4.78, 5) is 0. The average molecular weight is 287 g/mol. The van der Waals surface area contributed by atoms with E-state index in [2.05, 4.69) is 12.2 Å². The van der Waals surface area contributed by atoms with E-state index in [1.807, 2.05) is 0 Å². The fraction of sp³-hybridized carbons (Fsp3) is 0.867. The molecule has 1 aliphatic carbocycles. The van der Waals surface area contributed by atoms with E-state index in [1.54, 1.807) is 6.08 Å². The number of hydrogen-bond donors (Lipinski definition) is 5. The molecule has 0 bridgehead atoms. The molecule has 5 N–H and O–H groups in total. The van der Waals surface area contributed by atoms with Crippen LogP contribution in [0.25, 0.3) is 0 Å². The van der Waals surface area contributed by atoms with E-state index >= 15 is 0 Å². The lowest BCUT2D eigenvalue weighted by Gasteiger charge is -2.34. The van der Waals surface area contributed by atoms with Crippen molar-refractivity contribution in [2.45, 2.75) is 69.8 Å². The van der Waals surface area contributed by atoms with Gasteiger partial charge in [0, 0.05) is 0 Å². The van der Waals surface area contributed by atoms with Crippen molar-refractivity contribution in [1.29, 1.82) is 0 Å². The largest absolute Gasteiger partial charge is 0.392 e. The Bertz CT molecular complexity index is 296. The molecule has 0 aromatic heterocycles. The van der Waals surface area contributed by atoms with E-state index in [9.17, 15) is 15.3 Å². The Morgan fingerprint density at radius 3 is 2.30 bits per heavy atom. The highest BCUT2D eigenvalue weighted by Gasteiger charge is 2.36. The third kappa shape index (κ3) is 5.14. The van der Waals surface area contributed by atoms with Gasteiger partial charge in [-0.15, -0.1) is 0 Å². The van der Waals surface area contributed by atoms with Gasteiger partial charge in [0.1, 0.15) is 18.3 Å². The molecule has 1 aliphatic rings. The molecule has 0 radical (unpaired) electrons. The van der Waals surface area contributed by atoms with Crippen LogP contribution in [0.3, 0.4) is 0 Å². The van der Waals surface area contributed by atoms with Crippen molar-refractivity contribution in [3.63, 3.8) is 0 Å². The molecule has 0 saturated carbocycles. The maximum atomic E-state index is 9.90. The van der Waals surface area contributed by atoms with Gasteiger partial charge < -0.3 is 25.7 Å². The van der Waals surface area contributed by atoms with Gasteiger partial charge in [-0.1, -0.05) is 45.1 Å². The number of rotatable bonds is 9. The molecule has 0 saturated heterocycles. The first-order valence-corrected chi connectivity index (χ1v) is 7.70. The van der Waals surface area contributed by atoms with Crippen LogP contribution in [0.2, 0.25) is 0 Å². The predicted octanol–water partition coefficient (Wildman–Crippen LogP) is 0.320. The van der Waals surface area contributed by atoms with Gasteiger partial charge >= 0.3 is 0 Å². The second-order valence-electron chi connectivity index (χ2n) is 5.57. The molecule has 0 aromatic rings. The number of unbranched alkanes of at least 4 members (excludes halogenated alkanes) is 5. The molecule has 0 fully saturated rings. The molecule has 0 heterocycles. The summed E-state index contributed by atoms with van der Waals surface area (Å²) < 4.78 is 0. The van der Waals surface area contributed by atoms with Crippen LogP contribution in [-0.4, -0.2) is 57.9 Å². The van der Waals surface area contributed by atoms with Crippen molar-refractivity contribution in [3.05, 3.63) is 11.6 Å². The second kappa shape index (κ2) is 9.47. The lowest BCUT2D eigenvalue weighted by Crippen LogP contribution is -2.54. The van der Waals surface area contributed by atoms with Crippen LogP contribution in [0.15, 0.2) is 11.6 Å². The molecule has 0 aromatic carbocycles. The van der Waals surface area contributed by atoms with E-state index in [1.165, 1.54) is 25.7 Å². The molecule has 118 valence electrons. The van der Waals surface area contributed by atoms with E-state index < -0.39 is 24.4 Å². The van der Waals surface area contributed by atoms with Gasteiger partial charge in [-0.2, -0.15) is 0 Å². The third-order valence-electron chi connectivity index (χ3n) is 3.91. The Morgan fingerprint density at radius 2 is 1.65 bits per heavy atom. The van der Waals surface area contributed by atoms with Crippen molar-refractivity contribution < 1.29 is 20.4 Å². The maximum absolute atomic E-state index is 9.90. The smallest absolute Gasteiger partial charge is 0.111 e. The molecule has 20 heavy (non-hydrogen) atoms. The first-order chi connectivity index (χ1) is 9.61. The lowest BCUT2D eigenvalue weighted by molar-refractivity contribution is -0.0641. The Hall–Kier alpha value is -0.460. The molecule has 1 rings (SSSR count). The van der Waals surface area contributed by atoms with E-state index in [-0.39, 0.29) is 6.61 Å². The summed E-state index contributed by atoms with van der Waals surface area (Å²) in [6, 6.07) is -0.411. The summed E-state index contributed by atoms with van der Waals surface area (Å²) in [7, 11) is 0. The Labute approximate surface area is 121 Å². The highest BCUT2D eigenvalue weighted by atomic mass is 16.4. The SMILES string of the molecule is CCCCCCCCN[C@@H]1C=C(CO)[C@H](O)[C@H](O)C1O. The summed E-state index contributed by atoms with van der Waals surface area (Å²) in [5.41, 5.74) is 0.364. The minimum absolute atomic E-state index is 0.305. The minimum atomic E-state index is -1.25. The quantitative estimate of drug-likeness (QED) is 0.311. The normalized spacial score (nSPS) is 30.4. The maximum Gasteiger partial charge on any atom is 0.111 e. The number of hydrogen-bond acceptors (Lipinski definition) is 5. The van der Waals surface area contributed by atoms with Crippen molar-refractivity contribution in [1.82, 2.24) is 5.32 Å². The fourth-order valence-corrected chi connectivity index (χ4v) is 2.55. The third-order valence-corrected chi connectivity index (χ3v) is 3.91. The monoisotopic (exact) mass is 287 g/mol. The van der Waals surface area contributed by atoms with Crippen molar-refractivity contribution in [2.75, 3.05) is 13.2 Å². The zero-order chi connectivity index (χ0) is 15.0. The highest BCUT2D eigenvalue weighted by Crippen LogP contribution is 2.20. The summed E-state index contributed by atoms with van der Waals surface area (Å²) in [6.45, 7) is 2.64. The van der Waals surface area contributed by atoms with Crippen LogP contribution in [0.5, 0.6) is 0 Å². The number of aliphatic hydroxyl groups is 4. The zero-order valence-corrected chi connectivity index (χ0v) is 12.3. The molecule has 0 aliphatic heterocycles. The molecule has 4 atom stereocenters. The molecule has 5 nitrogen and oxygen atoms in total. The Kier molecular flexibility index (Phi) is 8.33. The van der Waals surface area contributed by atoms with Gasteiger partial charge in [0.25, 0.3) is 0 Å². The number of aliphatic hydroxyl groups excluding tert-OH is 4.